The van der Waals surface area contributed by atoms with E-state index in [1.54, 1.807) is 21.3 Å². The van der Waals surface area contributed by atoms with Gasteiger partial charge in [-0.15, -0.1) is 0 Å². The quantitative estimate of drug-likeness (QED) is 0.365. The van der Waals surface area contributed by atoms with Crippen LogP contribution in [0.5, 0.6) is 0 Å². The molecule has 0 fully saturated rings. The first-order valence-electron chi connectivity index (χ1n) is 9.00. The fourth-order valence-corrected chi connectivity index (χ4v) is 7.13. The Morgan fingerprint density at radius 3 is 1.60 bits per heavy atom. The Hall–Kier alpha value is 0.114. The van der Waals surface area contributed by atoms with E-state index in [9.17, 15) is 0 Å². The van der Waals surface area contributed by atoms with Crippen LogP contribution in [0, 0.1) is 0 Å². The molecule has 0 aliphatic heterocycles. The highest BCUT2D eigenvalue weighted by Crippen LogP contribution is 2.17. The van der Waals surface area contributed by atoms with E-state index in [1.165, 1.54) is 0 Å². The molecule has 0 aliphatic carbocycles. The molecule has 0 saturated heterocycles. The third-order valence-electron chi connectivity index (χ3n) is 3.85. The van der Waals surface area contributed by atoms with Gasteiger partial charge in [0.2, 0.25) is 0 Å². The van der Waals surface area contributed by atoms with Crippen LogP contribution in [0.3, 0.4) is 0 Å². The molecular formula is C15H38N2O6Si2. The first-order chi connectivity index (χ1) is 12.0. The van der Waals surface area contributed by atoms with Gasteiger partial charge >= 0.3 is 17.6 Å². The first-order valence-corrected chi connectivity index (χ1v) is 12.9. The molecule has 0 atom stereocenters. The Morgan fingerprint density at radius 2 is 1.24 bits per heavy atom. The minimum Gasteiger partial charge on any atom is -0.377 e. The van der Waals surface area contributed by atoms with Crippen molar-refractivity contribution in [2.45, 2.75) is 33.2 Å². The maximum absolute atomic E-state index is 5.94. The van der Waals surface area contributed by atoms with E-state index in [4.69, 9.17) is 32.3 Å². The van der Waals surface area contributed by atoms with Gasteiger partial charge in [-0.1, -0.05) is 0 Å². The summed E-state index contributed by atoms with van der Waals surface area (Å²) in [4.78, 5) is 2.24. The fraction of sp³-hybridized carbons (Fsp3) is 1.00. The minimum absolute atomic E-state index is 0.565. The fourth-order valence-electron chi connectivity index (χ4n) is 2.72. The van der Waals surface area contributed by atoms with Crippen molar-refractivity contribution in [3.8, 4) is 0 Å². The van der Waals surface area contributed by atoms with Crippen molar-refractivity contribution in [1.82, 2.24) is 4.90 Å². The molecule has 10 heteroatoms. The molecule has 0 heterocycles. The third-order valence-corrected chi connectivity index (χ3v) is 9.70. The van der Waals surface area contributed by atoms with Crippen LogP contribution >= 0.6 is 0 Å². The summed E-state index contributed by atoms with van der Waals surface area (Å²) in [7, 11) is -0.381. The summed E-state index contributed by atoms with van der Waals surface area (Å²) in [6.07, 6.45) is 1.50. The van der Waals surface area contributed by atoms with Crippen LogP contribution in [0.4, 0.5) is 0 Å². The van der Waals surface area contributed by atoms with Gasteiger partial charge in [0.05, 0.1) is 6.17 Å². The summed E-state index contributed by atoms with van der Waals surface area (Å²) in [6, 6.07) is 0.740. The van der Waals surface area contributed by atoms with E-state index < -0.39 is 17.6 Å². The van der Waals surface area contributed by atoms with Crippen LogP contribution in [0.15, 0.2) is 0 Å². The molecule has 25 heavy (non-hydrogen) atoms. The normalized spacial score (nSPS) is 13.0. The molecule has 152 valence electrons. The zero-order chi connectivity index (χ0) is 19.2. The van der Waals surface area contributed by atoms with Crippen molar-refractivity contribution in [2.24, 2.45) is 5.73 Å². The zero-order valence-corrected chi connectivity index (χ0v) is 18.8. The van der Waals surface area contributed by atoms with Gasteiger partial charge in [0.15, 0.2) is 0 Å². The van der Waals surface area contributed by atoms with E-state index in [-0.39, 0.29) is 0 Å². The van der Waals surface area contributed by atoms with Gasteiger partial charge in [-0.05, 0) is 33.7 Å². The topological polar surface area (TPSA) is 84.6 Å². The SMILES string of the molecule is CCO[Si](CN(CCN)CCC[Si](OC)(OC)OC)(OCC)OCC. The predicted molar refractivity (Wildman–Crippen MR) is 102 cm³/mol. The number of hydrogen-bond acceptors (Lipinski definition) is 8. The Labute approximate surface area is 155 Å². The predicted octanol–water partition coefficient (Wildman–Crippen LogP) is 1.10. The Morgan fingerprint density at radius 1 is 0.760 bits per heavy atom. The Kier molecular flexibility index (Phi) is 14.3. The van der Waals surface area contributed by atoms with E-state index in [0.717, 1.165) is 25.6 Å². The molecule has 0 aromatic rings. The average Bonchev–Trinajstić information content (AvgIpc) is 2.60. The average molecular weight is 399 g/mol. The van der Waals surface area contributed by atoms with Gasteiger partial charge in [0, 0.05) is 60.3 Å². The van der Waals surface area contributed by atoms with Crippen molar-refractivity contribution >= 4 is 17.6 Å². The van der Waals surface area contributed by atoms with Crippen LogP contribution in [0.25, 0.3) is 0 Å². The van der Waals surface area contributed by atoms with Crippen molar-refractivity contribution in [3.05, 3.63) is 0 Å². The van der Waals surface area contributed by atoms with Gasteiger partial charge in [-0.3, -0.25) is 4.90 Å². The molecule has 0 radical (unpaired) electrons. The lowest BCUT2D eigenvalue weighted by Gasteiger charge is -2.34. The summed E-state index contributed by atoms with van der Waals surface area (Å²) in [6.45, 7) is 9.72. The van der Waals surface area contributed by atoms with Gasteiger partial charge in [0.1, 0.15) is 0 Å². The van der Waals surface area contributed by atoms with Gasteiger partial charge in [0.25, 0.3) is 0 Å². The molecule has 0 spiro atoms. The maximum atomic E-state index is 5.94. The first kappa shape index (κ1) is 25.1. The zero-order valence-electron chi connectivity index (χ0n) is 16.8. The Balaban J connectivity index is 4.88. The molecule has 0 rings (SSSR count). The van der Waals surface area contributed by atoms with E-state index in [2.05, 4.69) is 4.90 Å². The van der Waals surface area contributed by atoms with E-state index >= 15 is 0 Å². The third kappa shape index (κ3) is 9.04. The van der Waals surface area contributed by atoms with Crippen LogP contribution in [0.1, 0.15) is 27.2 Å². The van der Waals surface area contributed by atoms with Gasteiger partial charge in [-0.2, -0.15) is 0 Å². The second-order valence-electron chi connectivity index (χ2n) is 5.45. The molecule has 0 amide bonds. The lowest BCUT2D eigenvalue weighted by molar-refractivity contribution is 0.0567. The lowest BCUT2D eigenvalue weighted by Crippen LogP contribution is -2.56. The number of nitrogens with zero attached hydrogens (tertiary/aromatic N) is 1. The minimum atomic E-state index is -2.73. The molecule has 0 aromatic carbocycles. The number of nitrogens with two attached hydrogens (primary N) is 1. The van der Waals surface area contributed by atoms with Crippen molar-refractivity contribution in [3.63, 3.8) is 0 Å². The van der Waals surface area contributed by atoms with Crippen LogP contribution in [0.2, 0.25) is 6.04 Å². The smallest absolute Gasteiger partial charge is 0.377 e. The summed E-state index contributed by atoms with van der Waals surface area (Å²) >= 11 is 0. The van der Waals surface area contributed by atoms with Gasteiger partial charge in [-0.25, -0.2) is 0 Å². The molecule has 0 saturated carbocycles. The maximum Gasteiger partial charge on any atom is 0.515 e. The summed E-state index contributed by atoms with van der Waals surface area (Å²) in [5.74, 6) is 0. The van der Waals surface area contributed by atoms with Crippen molar-refractivity contribution in [1.29, 1.82) is 0 Å². The summed E-state index contributed by atoms with van der Waals surface area (Å²) in [5, 5.41) is 0. The van der Waals surface area contributed by atoms with Crippen LogP contribution in [-0.2, 0) is 26.6 Å². The van der Waals surface area contributed by atoms with E-state index in [0.29, 0.717) is 32.5 Å². The van der Waals surface area contributed by atoms with Crippen molar-refractivity contribution in [2.75, 3.05) is 67.0 Å². The highest BCUT2D eigenvalue weighted by atomic mass is 28.4. The largest absolute Gasteiger partial charge is 0.515 e. The summed E-state index contributed by atoms with van der Waals surface area (Å²) < 4.78 is 34.3. The second kappa shape index (κ2) is 14.2. The molecule has 0 bridgehead atoms. The molecule has 2 N–H and O–H groups in total. The molecule has 0 aromatic heterocycles. The second-order valence-corrected chi connectivity index (χ2v) is 11.1. The molecule has 0 aliphatic rings. The van der Waals surface area contributed by atoms with Gasteiger partial charge < -0.3 is 32.3 Å². The van der Waals surface area contributed by atoms with Crippen LogP contribution < -0.4 is 5.73 Å². The van der Waals surface area contributed by atoms with E-state index in [1.807, 2.05) is 20.8 Å². The summed E-state index contributed by atoms with van der Waals surface area (Å²) in [5.41, 5.74) is 5.79. The highest BCUT2D eigenvalue weighted by molar-refractivity contribution is 6.61. The molecule has 8 nitrogen and oxygen atoms in total. The lowest BCUT2D eigenvalue weighted by atomic mass is 10.4. The standard InChI is InChI=1S/C15H38N2O6Si2/c1-7-21-25(22-8-2,23-9-3)15-17(13-11-16)12-10-14-24(18-4,19-5)20-6/h7-16H2,1-6H3. The Bertz CT molecular complexity index is 299. The molecular weight excluding hydrogens is 360 g/mol. The molecule has 0 unspecified atom stereocenters. The van der Waals surface area contributed by atoms with Crippen LogP contribution in [-0.4, -0.2) is 89.5 Å². The highest BCUT2D eigenvalue weighted by Gasteiger charge is 2.43. The van der Waals surface area contributed by atoms with Crippen molar-refractivity contribution < 1.29 is 26.6 Å². The number of hydrogen-bond donors (Lipinski definition) is 1. The number of rotatable bonds is 17. The monoisotopic (exact) mass is 398 g/mol.